The fraction of sp³-hybridized carbons (Fsp3) is 0.429. The summed E-state index contributed by atoms with van der Waals surface area (Å²) in [6, 6.07) is 0. The average Bonchev–Trinajstić information content (AvgIpc) is 1.91. The van der Waals surface area contributed by atoms with Crippen molar-refractivity contribution in [1.29, 1.82) is 0 Å². The number of carboxylic acid groups (broad SMARTS) is 2. The predicted octanol–water partition coefficient (Wildman–Crippen LogP) is 2.01. The van der Waals surface area contributed by atoms with Gasteiger partial charge in [0.2, 0.25) is 0 Å². The Morgan fingerprint density at radius 1 is 1.27 bits per heavy atom. The van der Waals surface area contributed by atoms with Gasteiger partial charge in [0.25, 0.3) is 0 Å². The molecule has 0 amide bonds. The maximum absolute atomic E-state index is 9.81. The molecule has 0 aromatic heterocycles. The second-order valence-electron chi connectivity index (χ2n) is 1.34. The van der Waals surface area contributed by atoms with Gasteiger partial charge in [-0.3, -0.25) is 0 Å². The van der Waals surface area contributed by atoms with Gasteiger partial charge in [-0.05, 0) is 6.92 Å². The summed E-state index contributed by atoms with van der Waals surface area (Å²) in [4.78, 5) is 18.4. The van der Waals surface area contributed by atoms with Crippen LogP contribution in [0.5, 0.6) is 0 Å². The molecule has 0 unspecified atom stereocenters. The third-order valence-corrected chi connectivity index (χ3v) is 0.498. The summed E-state index contributed by atoms with van der Waals surface area (Å²) in [5, 5.41) is 13.9. The number of ketones is 1. The molecular weight excluding hydrogens is 148 g/mol. The summed E-state index contributed by atoms with van der Waals surface area (Å²) >= 11 is 0. The van der Waals surface area contributed by atoms with Gasteiger partial charge in [-0.1, -0.05) is 6.92 Å². The van der Waals surface area contributed by atoms with Crippen LogP contribution >= 0.6 is 0 Å². The van der Waals surface area contributed by atoms with E-state index in [1.54, 1.807) is 6.92 Å². The Hall–Kier alpha value is -1.32. The Kier molecular flexibility index (Phi) is 23.6. The van der Waals surface area contributed by atoms with Crippen molar-refractivity contribution in [1.82, 2.24) is 0 Å². The van der Waals surface area contributed by atoms with Crippen molar-refractivity contribution in [2.75, 3.05) is 0 Å². The highest BCUT2D eigenvalue weighted by molar-refractivity contribution is 5.74. The maximum Gasteiger partial charge on any atom is 0.503 e. The fourth-order valence-corrected chi connectivity index (χ4v) is 0. The van der Waals surface area contributed by atoms with Crippen LogP contribution in [0.3, 0.4) is 0 Å². The van der Waals surface area contributed by atoms with Crippen molar-refractivity contribution >= 4 is 11.9 Å². The largest absolute Gasteiger partial charge is 0.503 e. The highest BCUT2D eigenvalue weighted by atomic mass is 16.6. The van der Waals surface area contributed by atoms with Gasteiger partial charge in [0, 0.05) is 6.42 Å². The third kappa shape index (κ3) is 838. The lowest BCUT2D eigenvalue weighted by atomic mass is 10.4. The molecule has 0 aliphatic heterocycles. The van der Waals surface area contributed by atoms with E-state index in [0.717, 1.165) is 0 Å². The zero-order valence-electron chi connectivity index (χ0n) is 6.83. The molecule has 0 aliphatic rings. The minimum Gasteiger partial charge on any atom is -0.450 e. The second-order valence-corrected chi connectivity index (χ2v) is 1.34. The van der Waals surface area contributed by atoms with Crippen molar-refractivity contribution in [3.8, 4) is 0 Å². The van der Waals surface area contributed by atoms with Gasteiger partial charge in [0.1, 0.15) is 5.78 Å². The first-order chi connectivity index (χ1) is 5.00. The summed E-state index contributed by atoms with van der Waals surface area (Å²) in [5.41, 5.74) is 0. The minimum atomic E-state index is -1.83. The van der Waals surface area contributed by atoms with Gasteiger partial charge in [0.05, 0.1) is 0 Å². The zero-order valence-corrected chi connectivity index (χ0v) is 6.83. The van der Waals surface area contributed by atoms with Gasteiger partial charge in [-0.2, -0.15) is 0 Å². The van der Waals surface area contributed by atoms with Gasteiger partial charge in [0.15, 0.2) is 0 Å². The summed E-state index contributed by atoms with van der Waals surface area (Å²) in [6.07, 6.45) is -1.17. The second kappa shape index (κ2) is 15.9. The van der Waals surface area contributed by atoms with Crippen molar-refractivity contribution in [2.45, 2.75) is 20.3 Å². The van der Waals surface area contributed by atoms with Crippen molar-refractivity contribution in [2.24, 2.45) is 0 Å². The standard InChI is InChI=1S/C4H8O.C2H4.CH2O3/c1-3-4(2)5;1-2;2-1(3)4/h3H2,1-2H3;1-2H2;(H2,2,3,4). The van der Waals surface area contributed by atoms with Crippen LogP contribution in [-0.4, -0.2) is 22.2 Å². The van der Waals surface area contributed by atoms with E-state index in [-0.39, 0.29) is 5.78 Å². The van der Waals surface area contributed by atoms with Crippen LogP contribution in [0.1, 0.15) is 20.3 Å². The molecule has 0 atom stereocenters. The smallest absolute Gasteiger partial charge is 0.450 e. The van der Waals surface area contributed by atoms with E-state index in [0.29, 0.717) is 6.42 Å². The quantitative estimate of drug-likeness (QED) is 0.578. The fourth-order valence-electron chi connectivity index (χ4n) is 0. The Morgan fingerprint density at radius 3 is 1.36 bits per heavy atom. The van der Waals surface area contributed by atoms with Crippen LogP contribution < -0.4 is 0 Å². The summed E-state index contributed by atoms with van der Waals surface area (Å²) in [5.74, 6) is 0.255. The molecule has 2 N–H and O–H groups in total. The lowest BCUT2D eigenvalue weighted by Gasteiger charge is -1.71. The number of carbonyl (C=O) groups is 2. The zero-order chi connectivity index (χ0) is 9.86. The Bertz CT molecular complexity index is 105. The highest BCUT2D eigenvalue weighted by Crippen LogP contribution is 1.71. The summed E-state index contributed by atoms with van der Waals surface area (Å²) in [6.45, 7) is 9.43. The summed E-state index contributed by atoms with van der Waals surface area (Å²) < 4.78 is 0. The molecule has 0 rings (SSSR count). The Balaban J connectivity index is -0.0000000965. The van der Waals surface area contributed by atoms with E-state index in [1.165, 1.54) is 0 Å². The van der Waals surface area contributed by atoms with Crippen LogP contribution in [0.4, 0.5) is 4.79 Å². The van der Waals surface area contributed by atoms with E-state index in [9.17, 15) is 4.79 Å². The van der Waals surface area contributed by atoms with E-state index < -0.39 is 6.16 Å². The molecular formula is C7H14O4. The van der Waals surface area contributed by atoms with Crippen LogP contribution in [0.15, 0.2) is 13.2 Å². The van der Waals surface area contributed by atoms with Gasteiger partial charge in [-0.25, -0.2) is 4.79 Å². The van der Waals surface area contributed by atoms with Gasteiger partial charge in [-0.15, -0.1) is 13.2 Å². The Morgan fingerprint density at radius 2 is 1.36 bits per heavy atom. The third-order valence-electron chi connectivity index (χ3n) is 0.498. The molecule has 0 aliphatic carbocycles. The van der Waals surface area contributed by atoms with E-state index in [2.05, 4.69) is 13.2 Å². The van der Waals surface area contributed by atoms with E-state index in [4.69, 9.17) is 15.0 Å². The molecule has 0 heterocycles. The molecule has 4 heteroatoms. The SMILES string of the molecule is C=C.CCC(C)=O.O=C(O)O. The lowest BCUT2D eigenvalue weighted by molar-refractivity contribution is -0.116. The average molecular weight is 162 g/mol. The molecule has 4 nitrogen and oxygen atoms in total. The lowest BCUT2D eigenvalue weighted by Crippen LogP contribution is -1.81. The first-order valence-corrected chi connectivity index (χ1v) is 2.92. The van der Waals surface area contributed by atoms with Crippen LogP contribution in [-0.2, 0) is 4.79 Å². The highest BCUT2D eigenvalue weighted by Gasteiger charge is 1.76. The van der Waals surface area contributed by atoms with Gasteiger partial charge < -0.3 is 15.0 Å². The first-order valence-electron chi connectivity index (χ1n) is 2.92. The number of Topliss-reactive ketones (excluding diaryl/α,β-unsaturated/α-hetero) is 1. The monoisotopic (exact) mass is 162 g/mol. The maximum atomic E-state index is 9.81. The molecule has 66 valence electrons. The minimum absolute atomic E-state index is 0.255. The Labute approximate surface area is 66.2 Å². The van der Waals surface area contributed by atoms with E-state index in [1.807, 2.05) is 6.92 Å². The van der Waals surface area contributed by atoms with Crippen LogP contribution in [0.2, 0.25) is 0 Å². The van der Waals surface area contributed by atoms with Crippen molar-refractivity contribution < 1.29 is 19.8 Å². The summed E-state index contributed by atoms with van der Waals surface area (Å²) in [7, 11) is 0. The molecule has 0 saturated heterocycles. The molecule has 11 heavy (non-hydrogen) atoms. The first kappa shape index (κ1) is 16.3. The number of hydrogen-bond donors (Lipinski definition) is 2. The van der Waals surface area contributed by atoms with Crippen molar-refractivity contribution in [3.63, 3.8) is 0 Å². The normalized spacial score (nSPS) is 6.00. The van der Waals surface area contributed by atoms with Gasteiger partial charge >= 0.3 is 6.16 Å². The number of hydrogen-bond acceptors (Lipinski definition) is 2. The number of rotatable bonds is 1. The van der Waals surface area contributed by atoms with Crippen LogP contribution in [0.25, 0.3) is 0 Å². The van der Waals surface area contributed by atoms with Crippen LogP contribution in [0, 0.1) is 0 Å². The topological polar surface area (TPSA) is 74.6 Å². The number of carbonyl (C=O) groups excluding carboxylic acids is 1. The molecule has 0 fully saturated rings. The molecule has 0 saturated carbocycles. The predicted molar refractivity (Wildman–Crippen MR) is 42.9 cm³/mol. The molecule has 0 aromatic rings. The molecule has 0 spiro atoms. The van der Waals surface area contributed by atoms with Crippen molar-refractivity contribution in [3.05, 3.63) is 13.2 Å². The van der Waals surface area contributed by atoms with E-state index >= 15 is 0 Å². The molecule has 0 aromatic carbocycles. The molecule has 0 bridgehead atoms. The molecule has 0 radical (unpaired) electrons.